The van der Waals surface area contributed by atoms with E-state index in [1.807, 2.05) is 6.08 Å². The van der Waals surface area contributed by atoms with Crippen molar-refractivity contribution in [1.82, 2.24) is 0 Å². The first-order valence-electron chi connectivity index (χ1n) is 6.34. The molecule has 2 N–H and O–H groups in total. The van der Waals surface area contributed by atoms with Crippen molar-refractivity contribution in [1.29, 1.82) is 0 Å². The van der Waals surface area contributed by atoms with Gasteiger partial charge in [-0.2, -0.15) is 0 Å². The minimum absolute atomic E-state index is 0.162. The van der Waals surface area contributed by atoms with Gasteiger partial charge in [-0.05, 0) is 44.2 Å². The number of hydrogen-bond donors (Lipinski definition) is 1. The summed E-state index contributed by atoms with van der Waals surface area (Å²) in [6.07, 6.45) is 7.59. The Kier molecular flexibility index (Phi) is 6.16. The minimum Gasteiger partial charge on any atom is -0.490 e. The third-order valence-electron chi connectivity index (χ3n) is 3.14. The van der Waals surface area contributed by atoms with E-state index in [1.165, 1.54) is 0 Å². The van der Waals surface area contributed by atoms with Crippen molar-refractivity contribution in [3.63, 3.8) is 0 Å². The predicted octanol–water partition coefficient (Wildman–Crippen LogP) is 2.41. The van der Waals surface area contributed by atoms with Crippen LogP contribution in [0.5, 0.6) is 0 Å². The smallest absolute Gasteiger partial charge is 0.197 e. The largest absolute Gasteiger partial charge is 0.490 e. The highest BCUT2D eigenvalue weighted by atomic mass is 16.5. The van der Waals surface area contributed by atoms with Crippen molar-refractivity contribution in [2.75, 3.05) is 13.2 Å². The summed E-state index contributed by atoms with van der Waals surface area (Å²) in [5.74, 6) is 1.34. The number of ketones is 1. The highest BCUT2D eigenvalue weighted by molar-refractivity contribution is 5.93. The third-order valence-corrected chi connectivity index (χ3v) is 3.14. The van der Waals surface area contributed by atoms with Gasteiger partial charge < -0.3 is 10.5 Å². The Morgan fingerprint density at radius 2 is 2.38 bits per heavy atom. The first-order chi connectivity index (χ1) is 7.77. The molecule has 0 aromatic rings. The molecule has 0 aromatic heterocycles. The normalized spacial score (nSPS) is 17.5. The van der Waals surface area contributed by atoms with Gasteiger partial charge in [0.1, 0.15) is 0 Å². The molecule has 1 heterocycles. The Balaban J connectivity index is 2.30. The Bertz CT molecular complexity index is 248. The number of allylic oxidation sites excluding steroid dienone is 2. The summed E-state index contributed by atoms with van der Waals surface area (Å²) >= 11 is 0. The molecule has 92 valence electrons. The number of rotatable bonds is 7. The highest BCUT2D eigenvalue weighted by Gasteiger charge is 2.15. The van der Waals surface area contributed by atoms with Gasteiger partial charge in [0.05, 0.1) is 6.61 Å². The van der Waals surface area contributed by atoms with E-state index in [4.69, 9.17) is 10.5 Å². The molecule has 1 rings (SSSR count). The zero-order valence-electron chi connectivity index (χ0n) is 10.2. The van der Waals surface area contributed by atoms with Gasteiger partial charge in [-0.1, -0.05) is 13.3 Å². The first-order valence-corrected chi connectivity index (χ1v) is 6.34. The average Bonchev–Trinajstić information content (AvgIpc) is 2.35. The van der Waals surface area contributed by atoms with Crippen molar-refractivity contribution >= 4 is 5.78 Å². The van der Waals surface area contributed by atoms with Crippen LogP contribution < -0.4 is 5.73 Å². The molecule has 0 aromatic carbocycles. The molecular formula is C13H23NO2. The van der Waals surface area contributed by atoms with Crippen LogP contribution in [-0.2, 0) is 9.53 Å². The topological polar surface area (TPSA) is 52.3 Å². The van der Waals surface area contributed by atoms with E-state index in [1.54, 1.807) is 0 Å². The standard InChI is InChI=1S/C13H23NO2/c1-2-11(8-9-14)6-7-12(15)13-5-3-4-10-16-13/h5,11H,2-4,6-10,14H2,1H3. The number of ether oxygens (including phenoxy) is 1. The van der Waals surface area contributed by atoms with Crippen LogP contribution in [0, 0.1) is 5.92 Å². The van der Waals surface area contributed by atoms with Crippen LogP contribution >= 0.6 is 0 Å². The SMILES string of the molecule is CCC(CCN)CCC(=O)C1=CCCCO1. The summed E-state index contributed by atoms with van der Waals surface area (Å²) in [6.45, 7) is 3.56. The molecule has 16 heavy (non-hydrogen) atoms. The lowest BCUT2D eigenvalue weighted by molar-refractivity contribution is -0.119. The summed E-state index contributed by atoms with van der Waals surface area (Å²) < 4.78 is 5.35. The molecule has 0 saturated carbocycles. The fourth-order valence-electron chi connectivity index (χ4n) is 2.00. The van der Waals surface area contributed by atoms with E-state index >= 15 is 0 Å². The molecule has 0 fully saturated rings. The Morgan fingerprint density at radius 3 is 2.94 bits per heavy atom. The van der Waals surface area contributed by atoms with Crippen molar-refractivity contribution in [2.24, 2.45) is 11.7 Å². The molecule has 0 bridgehead atoms. The van der Waals surface area contributed by atoms with Gasteiger partial charge in [-0.15, -0.1) is 0 Å². The molecule has 1 unspecified atom stereocenters. The fraction of sp³-hybridized carbons (Fsp3) is 0.769. The van der Waals surface area contributed by atoms with E-state index in [0.29, 0.717) is 31.2 Å². The van der Waals surface area contributed by atoms with E-state index in [2.05, 4.69) is 6.92 Å². The maximum absolute atomic E-state index is 11.8. The summed E-state index contributed by atoms with van der Waals surface area (Å²) in [5.41, 5.74) is 5.53. The first kappa shape index (κ1) is 13.2. The second-order valence-corrected chi connectivity index (χ2v) is 4.37. The predicted molar refractivity (Wildman–Crippen MR) is 65.0 cm³/mol. The molecule has 0 radical (unpaired) electrons. The van der Waals surface area contributed by atoms with Crippen LogP contribution in [0.2, 0.25) is 0 Å². The highest BCUT2D eigenvalue weighted by Crippen LogP contribution is 2.18. The maximum Gasteiger partial charge on any atom is 0.197 e. The zero-order valence-corrected chi connectivity index (χ0v) is 10.2. The van der Waals surface area contributed by atoms with Crippen LogP contribution in [0.1, 0.15) is 45.4 Å². The fourth-order valence-corrected chi connectivity index (χ4v) is 2.00. The molecule has 1 aliphatic rings. The van der Waals surface area contributed by atoms with E-state index in [-0.39, 0.29) is 5.78 Å². The molecule has 0 saturated heterocycles. The second kappa shape index (κ2) is 7.44. The Labute approximate surface area is 98.0 Å². The maximum atomic E-state index is 11.8. The second-order valence-electron chi connectivity index (χ2n) is 4.37. The summed E-state index contributed by atoms with van der Waals surface area (Å²) in [5, 5.41) is 0. The van der Waals surface area contributed by atoms with E-state index in [9.17, 15) is 4.79 Å². The average molecular weight is 225 g/mol. The van der Waals surface area contributed by atoms with Crippen molar-refractivity contribution in [2.45, 2.75) is 45.4 Å². The lowest BCUT2D eigenvalue weighted by Gasteiger charge is -2.16. The van der Waals surface area contributed by atoms with Crippen LogP contribution in [-0.4, -0.2) is 18.9 Å². The van der Waals surface area contributed by atoms with Crippen molar-refractivity contribution in [3.05, 3.63) is 11.8 Å². The third kappa shape index (κ3) is 4.35. The van der Waals surface area contributed by atoms with Gasteiger partial charge in [-0.3, -0.25) is 4.79 Å². The van der Waals surface area contributed by atoms with Gasteiger partial charge in [0, 0.05) is 6.42 Å². The van der Waals surface area contributed by atoms with Crippen molar-refractivity contribution in [3.8, 4) is 0 Å². The van der Waals surface area contributed by atoms with Crippen molar-refractivity contribution < 1.29 is 9.53 Å². The molecule has 0 aliphatic carbocycles. The number of nitrogens with two attached hydrogens (primary N) is 1. The molecule has 1 atom stereocenters. The molecule has 0 amide bonds. The monoisotopic (exact) mass is 225 g/mol. The summed E-state index contributed by atoms with van der Waals surface area (Å²) in [6, 6.07) is 0. The molecule has 3 heteroatoms. The molecule has 3 nitrogen and oxygen atoms in total. The van der Waals surface area contributed by atoms with Crippen LogP contribution in [0.15, 0.2) is 11.8 Å². The number of carbonyl (C=O) groups excluding carboxylic acids is 1. The lowest BCUT2D eigenvalue weighted by Crippen LogP contribution is -2.14. The van der Waals surface area contributed by atoms with Gasteiger partial charge >= 0.3 is 0 Å². The minimum atomic E-state index is 0.162. The Hall–Kier alpha value is -0.830. The quantitative estimate of drug-likeness (QED) is 0.724. The molecular weight excluding hydrogens is 202 g/mol. The van der Waals surface area contributed by atoms with Gasteiger partial charge in [-0.25, -0.2) is 0 Å². The van der Waals surface area contributed by atoms with Gasteiger partial charge in [0.25, 0.3) is 0 Å². The number of Topliss-reactive ketones (excluding diaryl/α,β-unsaturated/α-hetero) is 1. The van der Waals surface area contributed by atoms with Crippen LogP contribution in [0.25, 0.3) is 0 Å². The number of hydrogen-bond acceptors (Lipinski definition) is 3. The van der Waals surface area contributed by atoms with E-state index < -0.39 is 0 Å². The zero-order chi connectivity index (χ0) is 11.8. The Morgan fingerprint density at radius 1 is 1.56 bits per heavy atom. The van der Waals surface area contributed by atoms with Crippen LogP contribution in [0.4, 0.5) is 0 Å². The summed E-state index contributed by atoms with van der Waals surface area (Å²) in [7, 11) is 0. The summed E-state index contributed by atoms with van der Waals surface area (Å²) in [4.78, 5) is 11.8. The van der Waals surface area contributed by atoms with Crippen LogP contribution in [0.3, 0.4) is 0 Å². The molecule has 0 spiro atoms. The number of carbonyl (C=O) groups is 1. The van der Waals surface area contributed by atoms with Gasteiger partial charge in [0.2, 0.25) is 0 Å². The van der Waals surface area contributed by atoms with Gasteiger partial charge in [0.15, 0.2) is 11.5 Å². The lowest BCUT2D eigenvalue weighted by atomic mass is 9.95. The molecule has 1 aliphatic heterocycles. The van der Waals surface area contributed by atoms with E-state index in [0.717, 1.165) is 32.1 Å².